The molecule has 0 radical (unpaired) electrons. The van der Waals surface area contributed by atoms with Crippen molar-refractivity contribution in [3.8, 4) is 5.75 Å². The summed E-state index contributed by atoms with van der Waals surface area (Å²) >= 11 is 0. The van der Waals surface area contributed by atoms with Gasteiger partial charge in [0.15, 0.2) is 6.29 Å². The molecule has 1 fully saturated rings. The van der Waals surface area contributed by atoms with E-state index in [1.165, 1.54) is 49.7 Å². The van der Waals surface area contributed by atoms with Crippen molar-refractivity contribution >= 4 is 0 Å². The second-order valence-electron chi connectivity index (χ2n) is 6.70. The van der Waals surface area contributed by atoms with Crippen LogP contribution in [0.5, 0.6) is 5.75 Å². The fraction of sp³-hybridized carbons (Fsp3) is 0.684. The normalized spacial score (nSPS) is 28.8. The van der Waals surface area contributed by atoms with Gasteiger partial charge in [0, 0.05) is 13.5 Å². The van der Waals surface area contributed by atoms with Gasteiger partial charge in [-0.3, -0.25) is 0 Å². The van der Waals surface area contributed by atoms with E-state index in [1.807, 2.05) is 0 Å². The second kappa shape index (κ2) is 6.83. The van der Waals surface area contributed by atoms with E-state index in [-0.39, 0.29) is 6.29 Å². The van der Waals surface area contributed by atoms with E-state index in [2.05, 4.69) is 25.1 Å². The minimum atomic E-state index is -0.0622. The lowest BCUT2D eigenvalue weighted by atomic mass is 9.77. The molecule has 21 heavy (non-hydrogen) atoms. The Kier molecular flexibility index (Phi) is 4.84. The number of rotatable bonds is 4. The average Bonchev–Trinajstić information content (AvgIpc) is 2.55. The maximum atomic E-state index is 5.85. The zero-order valence-electron chi connectivity index (χ0n) is 13.4. The van der Waals surface area contributed by atoms with E-state index in [0.29, 0.717) is 0 Å². The van der Waals surface area contributed by atoms with Gasteiger partial charge >= 0.3 is 0 Å². The van der Waals surface area contributed by atoms with Gasteiger partial charge in [0.2, 0.25) is 0 Å². The number of fused-ring (bicyclic) bond motifs is 1. The molecule has 0 aromatic heterocycles. The molecule has 0 spiro atoms. The third kappa shape index (κ3) is 3.42. The summed E-state index contributed by atoms with van der Waals surface area (Å²) in [5.74, 6) is 2.77. The van der Waals surface area contributed by atoms with Crippen molar-refractivity contribution in [3.05, 3.63) is 29.3 Å². The molecule has 3 rings (SSSR count). The molecule has 116 valence electrons. The standard InChI is InChI=1S/C19H28O2/c1-3-4-14-5-7-15(8-6-14)16-9-11-18-17(13-16)10-12-19(20-2)21-18/h9,11,13-15,19H,3-8,10,12H2,1-2H3. The number of methoxy groups -OCH3 is 1. The lowest BCUT2D eigenvalue weighted by molar-refractivity contribution is -0.0653. The third-order valence-electron chi connectivity index (χ3n) is 5.27. The van der Waals surface area contributed by atoms with Crippen LogP contribution in [0.15, 0.2) is 18.2 Å². The molecule has 2 heteroatoms. The fourth-order valence-corrected chi connectivity index (χ4v) is 4.00. The molecule has 0 bridgehead atoms. The summed E-state index contributed by atoms with van der Waals surface area (Å²) in [5.41, 5.74) is 2.90. The summed E-state index contributed by atoms with van der Waals surface area (Å²) in [6, 6.07) is 6.84. The predicted octanol–water partition coefficient (Wildman–Crippen LogP) is 5.06. The number of hydrogen-bond acceptors (Lipinski definition) is 2. The number of benzene rings is 1. The summed E-state index contributed by atoms with van der Waals surface area (Å²) in [6.45, 7) is 2.31. The molecule has 1 atom stereocenters. The van der Waals surface area contributed by atoms with Gasteiger partial charge in [0.05, 0.1) is 0 Å². The lowest BCUT2D eigenvalue weighted by Gasteiger charge is -2.30. The molecule has 1 aromatic carbocycles. The highest BCUT2D eigenvalue weighted by Gasteiger charge is 2.24. The number of aryl methyl sites for hydroxylation is 1. The fourth-order valence-electron chi connectivity index (χ4n) is 4.00. The van der Waals surface area contributed by atoms with Crippen LogP contribution in [0.3, 0.4) is 0 Å². The van der Waals surface area contributed by atoms with Gasteiger partial charge in [-0.15, -0.1) is 0 Å². The van der Waals surface area contributed by atoms with E-state index in [0.717, 1.165) is 30.4 Å². The molecule has 1 aromatic rings. The average molecular weight is 288 g/mol. The van der Waals surface area contributed by atoms with E-state index in [9.17, 15) is 0 Å². The van der Waals surface area contributed by atoms with Crippen LogP contribution in [0.25, 0.3) is 0 Å². The Hall–Kier alpha value is -1.02. The van der Waals surface area contributed by atoms with Gasteiger partial charge in [-0.2, -0.15) is 0 Å². The van der Waals surface area contributed by atoms with Crippen LogP contribution in [0.1, 0.15) is 68.9 Å². The van der Waals surface area contributed by atoms with Crippen molar-refractivity contribution < 1.29 is 9.47 Å². The van der Waals surface area contributed by atoms with Crippen molar-refractivity contribution in [2.45, 2.75) is 70.5 Å². The molecule has 1 saturated carbocycles. The molecule has 0 N–H and O–H groups in total. The van der Waals surface area contributed by atoms with Crippen LogP contribution < -0.4 is 4.74 Å². The van der Waals surface area contributed by atoms with E-state index >= 15 is 0 Å². The summed E-state index contributed by atoms with van der Waals surface area (Å²) < 4.78 is 11.2. The van der Waals surface area contributed by atoms with Gasteiger partial charge in [-0.05, 0) is 61.1 Å². The van der Waals surface area contributed by atoms with Gasteiger partial charge in [0.25, 0.3) is 0 Å². The highest BCUT2D eigenvalue weighted by molar-refractivity contribution is 5.40. The quantitative estimate of drug-likeness (QED) is 0.771. The van der Waals surface area contributed by atoms with Crippen molar-refractivity contribution in [2.24, 2.45) is 5.92 Å². The molecule has 1 unspecified atom stereocenters. The minimum absolute atomic E-state index is 0.0622. The second-order valence-corrected chi connectivity index (χ2v) is 6.70. The van der Waals surface area contributed by atoms with E-state index < -0.39 is 0 Å². The largest absolute Gasteiger partial charge is 0.465 e. The Balaban J connectivity index is 1.65. The van der Waals surface area contributed by atoms with Gasteiger partial charge < -0.3 is 9.47 Å². The van der Waals surface area contributed by atoms with Crippen LogP contribution in [0, 0.1) is 5.92 Å². The zero-order valence-corrected chi connectivity index (χ0v) is 13.4. The van der Waals surface area contributed by atoms with Gasteiger partial charge in [0.1, 0.15) is 5.75 Å². The SMILES string of the molecule is CCCC1CCC(c2ccc3c(c2)CCC(OC)O3)CC1. The number of ether oxygens (including phenoxy) is 2. The first-order valence-electron chi connectivity index (χ1n) is 8.62. The van der Waals surface area contributed by atoms with E-state index in [4.69, 9.17) is 9.47 Å². The summed E-state index contributed by atoms with van der Waals surface area (Å²) in [6.07, 6.45) is 10.3. The Morgan fingerprint density at radius 2 is 1.95 bits per heavy atom. The molecule has 0 amide bonds. The van der Waals surface area contributed by atoms with Gasteiger partial charge in [-0.1, -0.05) is 31.9 Å². The van der Waals surface area contributed by atoms with Crippen molar-refractivity contribution in [1.82, 2.24) is 0 Å². The maximum Gasteiger partial charge on any atom is 0.199 e. The first kappa shape index (κ1) is 14.9. The lowest BCUT2D eigenvalue weighted by Crippen LogP contribution is -2.24. The minimum Gasteiger partial charge on any atom is -0.465 e. The predicted molar refractivity (Wildman–Crippen MR) is 85.8 cm³/mol. The maximum absolute atomic E-state index is 5.85. The Morgan fingerprint density at radius 3 is 2.67 bits per heavy atom. The zero-order chi connectivity index (χ0) is 14.7. The summed E-state index contributed by atoms with van der Waals surface area (Å²) in [4.78, 5) is 0. The molecular formula is C19H28O2. The van der Waals surface area contributed by atoms with Crippen LogP contribution >= 0.6 is 0 Å². The van der Waals surface area contributed by atoms with Crippen molar-refractivity contribution in [2.75, 3.05) is 7.11 Å². The Labute approximate surface area is 128 Å². The number of hydrogen-bond donors (Lipinski definition) is 0. The topological polar surface area (TPSA) is 18.5 Å². The van der Waals surface area contributed by atoms with Crippen LogP contribution in [0.4, 0.5) is 0 Å². The first-order valence-corrected chi connectivity index (χ1v) is 8.62. The molecular weight excluding hydrogens is 260 g/mol. The smallest absolute Gasteiger partial charge is 0.199 e. The molecule has 2 nitrogen and oxygen atoms in total. The van der Waals surface area contributed by atoms with E-state index in [1.54, 1.807) is 7.11 Å². The first-order chi connectivity index (χ1) is 10.3. The van der Waals surface area contributed by atoms with Crippen LogP contribution in [0.2, 0.25) is 0 Å². The highest BCUT2D eigenvalue weighted by Crippen LogP contribution is 2.39. The molecule has 1 aliphatic heterocycles. The third-order valence-corrected chi connectivity index (χ3v) is 5.27. The van der Waals surface area contributed by atoms with Crippen molar-refractivity contribution in [1.29, 1.82) is 0 Å². The molecule has 1 aliphatic carbocycles. The van der Waals surface area contributed by atoms with Gasteiger partial charge in [-0.25, -0.2) is 0 Å². The molecule has 1 heterocycles. The Bertz CT molecular complexity index is 461. The molecule has 0 saturated heterocycles. The van der Waals surface area contributed by atoms with Crippen LogP contribution in [-0.4, -0.2) is 13.4 Å². The van der Waals surface area contributed by atoms with Crippen LogP contribution in [-0.2, 0) is 11.2 Å². The monoisotopic (exact) mass is 288 g/mol. The summed E-state index contributed by atoms with van der Waals surface area (Å²) in [7, 11) is 1.72. The molecule has 2 aliphatic rings. The Morgan fingerprint density at radius 1 is 1.14 bits per heavy atom. The summed E-state index contributed by atoms with van der Waals surface area (Å²) in [5, 5.41) is 0. The highest BCUT2D eigenvalue weighted by atomic mass is 16.7. The van der Waals surface area contributed by atoms with Crippen molar-refractivity contribution in [3.63, 3.8) is 0 Å².